The van der Waals surface area contributed by atoms with Crippen molar-refractivity contribution in [3.63, 3.8) is 0 Å². The molecular formula is C24H23BrFNO3. The molecule has 0 bridgehead atoms. The molecule has 1 amide bonds. The Kier molecular flexibility index (Phi) is 6.77. The first kappa shape index (κ1) is 21.8. The van der Waals surface area contributed by atoms with Crippen molar-refractivity contribution in [1.29, 1.82) is 0 Å². The Labute approximate surface area is 184 Å². The van der Waals surface area contributed by atoms with E-state index in [4.69, 9.17) is 9.47 Å². The minimum atomic E-state index is -0.514. The summed E-state index contributed by atoms with van der Waals surface area (Å²) < 4.78 is 26.1. The third-order valence-electron chi connectivity index (χ3n) is 4.87. The van der Waals surface area contributed by atoms with E-state index in [-0.39, 0.29) is 12.3 Å². The molecule has 1 N–H and O–H groups in total. The maximum atomic E-state index is 14.1. The second kappa shape index (κ2) is 9.30. The second-order valence-electron chi connectivity index (χ2n) is 7.10. The highest BCUT2D eigenvalue weighted by molar-refractivity contribution is 9.10. The highest BCUT2D eigenvalue weighted by Gasteiger charge is 2.14. The van der Waals surface area contributed by atoms with Gasteiger partial charge in [0.25, 0.3) is 5.91 Å². The molecule has 3 aromatic rings. The van der Waals surface area contributed by atoms with E-state index in [1.807, 2.05) is 26.8 Å². The number of aryl methyl sites for hydroxylation is 2. The number of methoxy groups -OCH3 is 1. The van der Waals surface area contributed by atoms with Gasteiger partial charge in [-0.1, -0.05) is 22.0 Å². The van der Waals surface area contributed by atoms with Gasteiger partial charge in [-0.2, -0.15) is 0 Å². The molecule has 0 saturated carbocycles. The van der Waals surface area contributed by atoms with Gasteiger partial charge in [0.2, 0.25) is 0 Å². The maximum absolute atomic E-state index is 14.1. The van der Waals surface area contributed by atoms with Gasteiger partial charge in [-0.05, 0) is 79.9 Å². The standard InChI is InChI=1S/C24H23BrFNO3/c1-14-9-15(2)16(3)23(10-14)30-13-18-11-17(5-8-22(18)29-4)24(28)27-21-7-6-19(25)12-20(21)26/h5-12H,13H2,1-4H3,(H,27,28). The lowest BCUT2D eigenvalue weighted by Crippen LogP contribution is -2.14. The van der Waals surface area contributed by atoms with Gasteiger partial charge in [-0.3, -0.25) is 4.79 Å². The zero-order valence-electron chi connectivity index (χ0n) is 17.3. The molecule has 0 radical (unpaired) electrons. The first-order chi connectivity index (χ1) is 14.3. The molecule has 3 aromatic carbocycles. The normalized spacial score (nSPS) is 10.6. The molecule has 156 valence electrons. The Bertz CT molecular complexity index is 1100. The third-order valence-corrected chi connectivity index (χ3v) is 5.36. The van der Waals surface area contributed by atoms with Gasteiger partial charge >= 0.3 is 0 Å². The Hall–Kier alpha value is -2.86. The molecule has 0 aliphatic heterocycles. The molecule has 30 heavy (non-hydrogen) atoms. The number of hydrogen-bond donors (Lipinski definition) is 1. The van der Waals surface area contributed by atoms with Crippen LogP contribution >= 0.6 is 15.9 Å². The van der Waals surface area contributed by atoms with Crippen molar-refractivity contribution >= 4 is 27.5 Å². The zero-order chi connectivity index (χ0) is 21.8. The van der Waals surface area contributed by atoms with Crippen LogP contribution in [0.25, 0.3) is 0 Å². The molecule has 0 aliphatic rings. The van der Waals surface area contributed by atoms with Crippen molar-refractivity contribution < 1.29 is 18.7 Å². The highest BCUT2D eigenvalue weighted by atomic mass is 79.9. The molecule has 6 heteroatoms. The van der Waals surface area contributed by atoms with Crippen LogP contribution in [0.3, 0.4) is 0 Å². The minimum absolute atomic E-state index is 0.114. The van der Waals surface area contributed by atoms with Crippen LogP contribution in [0.1, 0.15) is 32.6 Å². The Morgan fingerprint density at radius 2 is 1.80 bits per heavy atom. The summed E-state index contributed by atoms with van der Waals surface area (Å²) in [6.45, 7) is 6.31. The summed E-state index contributed by atoms with van der Waals surface area (Å²) >= 11 is 3.20. The highest BCUT2D eigenvalue weighted by Crippen LogP contribution is 2.27. The molecular weight excluding hydrogens is 449 g/mol. The smallest absolute Gasteiger partial charge is 0.255 e. The summed E-state index contributed by atoms with van der Waals surface area (Å²) in [4.78, 5) is 12.6. The Balaban J connectivity index is 1.82. The van der Waals surface area contributed by atoms with Gasteiger partial charge in [0, 0.05) is 15.6 Å². The lowest BCUT2D eigenvalue weighted by molar-refractivity contribution is 0.102. The van der Waals surface area contributed by atoms with Crippen LogP contribution in [0.4, 0.5) is 10.1 Å². The van der Waals surface area contributed by atoms with Crippen LogP contribution in [-0.4, -0.2) is 13.0 Å². The molecule has 0 spiro atoms. The molecule has 3 rings (SSSR count). The second-order valence-corrected chi connectivity index (χ2v) is 8.01. The van der Waals surface area contributed by atoms with Crippen molar-refractivity contribution in [3.05, 3.63) is 86.6 Å². The van der Waals surface area contributed by atoms with Crippen molar-refractivity contribution in [2.24, 2.45) is 0 Å². The van der Waals surface area contributed by atoms with E-state index < -0.39 is 11.7 Å². The molecule has 4 nitrogen and oxygen atoms in total. The summed E-state index contributed by atoms with van der Waals surface area (Å²) in [5.41, 5.74) is 4.56. The van der Waals surface area contributed by atoms with Crippen LogP contribution in [0.2, 0.25) is 0 Å². The fourth-order valence-electron chi connectivity index (χ4n) is 3.12. The lowest BCUT2D eigenvalue weighted by Gasteiger charge is -2.15. The van der Waals surface area contributed by atoms with E-state index in [1.54, 1.807) is 31.4 Å². The van der Waals surface area contributed by atoms with Gasteiger partial charge in [0.05, 0.1) is 12.8 Å². The fraction of sp³-hybridized carbons (Fsp3) is 0.208. The number of amides is 1. The van der Waals surface area contributed by atoms with Gasteiger partial charge in [-0.25, -0.2) is 4.39 Å². The quantitative estimate of drug-likeness (QED) is 0.455. The minimum Gasteiger partial charge on any atom is -0.496 e. The topological polar surface area (TPSA) is 47.6 Å². The Morgan fingerprint density at radius 3 is 2.50 bits per heavy atom. The van der Waals surface area contributed by atoms with E-state index in [1.165, 1.54) is 12.1 Å². The zero-order valence-corrected chi connectivity index (χ0v) is 18.9. The summed E-state index contributed by atoms with van der Waals surface area (Å²) in [6, 6.07) is 13.6. The first-order valence-corrected chi connectivity index (χ1v) is 10.2. The summed E-state index contributed by atoms with van der Waals surface area (Å²) in [6.07, 6.45) is 0. The maximum Gasteiger partial charge on any atom is 0.255 e. The van der Waals surface area contributed by atoms with E-state index in [2.05, 4.69) is 27.3 Å². The number of anilines is 1. The van der Waals surface area contributed by atoms with E-state index in [0.29, 0.717) is 15.8 Å². The predicted molar refractivity (Wildman–Crippen MR) is 120 cm³/mol. The van der Waals surface area contributed by atoms with E-state index >= 15 is 0 Å². The average Bonchev–Trinajstić information content (AvgIpc) is 2.71. The SMILES string of the molecule is COc1ccc(C(=O)Nc2ccc(Br)cc2F)cc1COc1cc(C)cc(C)c1C. The van der Waals surface area contributed by atoms with E-state index in [9.17, 15) is 9.18 Å². The number of halogens is 2. The number of benzene rings is 3. The summed E-state index contributed by atoms with van der Waals surface area (Å²) in [7, 11) is 1.57. The molecule has 0 heterocycles. The van der Waals surface area contributed by atoms with Crippen molar-refractivity contribution in [2.45, 2.75) is 27.4 Å². The van der Waals surface area contributed by atoms with Gasteiger partial charge in [0.1, 0.15) is 23.9 Å². The predicted octanol–water partition coefficient (Wildman–Crippen LogP) is 6.35. The lowest BCUT2D eigenvalue weighted by atomic mass is 10.1. The number of hydrogen-bond acceptors (Lipinski definition) is 3. The molecule has 0 atom stereocenters. The van der Waals surface area contributed by atoms with Crippen molar-refractivity contribution in [3.8, 4) is 11.5 Å². The van der Waals surface area contributed by atoms with Crippen molar-refractivity contribution in [2.75, 3.05) is 12.4 Å². The van der Waals surface area contributed by atoms with E-state index in [0.717, 1.165) is 28.0 Å². The first-order valence-electron chi connectivity index (χ1n) is 9.42. The van der Waals surface area contributed by atoms with Gasteiger partial charge in [-0.15, -0.1) is 0 Å². The summed E-state index contributed by atoms with van der Waals surface area (Å²) in [5.74, 6) is 0.479. The summed E-state index contributed by atoms with van der Waals surface area (Å²) in [5, 5.41) is 2.60. The van der Waals surface area contributed by atoms with Crippen LogP contribution in [0.15, 0.2) is 53.0 Å². The van der Waals surface area contributed by atoms with Crippen LogP contribution in [0, 0.1) is 26.6 Å². The third kappa shape index (κ3) is 5.00. The van der Waals surface area contributed by atoms with Gasteiger partial charge < -0.3 is 14.8 Å². The average molecular weight is 472 g/mol. The molecule has 0 aliphatic carbocycles. The molecule has 0 aromatic heterocycles. The fourth-order valence-corrected chi connectivity index (χ4v) is 3.46. The number of carbonyl (C=O) groups is 1. The van der Waals surface area contributed by atoms with Crippen LogP contribution in [0.5, 0.6) is 11.5 Å². The van der Waals surface area contributed by atoms with Gasteiger partial charge in [0.15, 0.2) is 0 Å². The molecule has 0 unspecified atom stereocenters. The molecule has 0 fully saturated rings. The number of rotatable bonds is 6. The largest absolute Gasteiger partial charge is 0.496 e. The molecule has 0 saturated heterocycles. The number of carbonyl (C=O) groups excluding carboxylic acids is 1. The number of nitrogens with one attached hydrogen (secondary N) is 1. The van der Waals surface area contributed by atoms with Crippen molar-refractivity contribution in [1.82, 2.24) is 0 Å². The van der Waals surface area contributed by atoms with Crippen LogP contribution in [-0.2, 0) is 6.61 Å². The monoisotopic (exact) mass is 471 g/mol. The number of ether oxygens (including phenoxy) is 2. The van der Waals surface area contributed by atoms with Crippen LogP contribution < -0.4 is 14.8 Å². The Morgan fingerprint density at radius 1 is 1.03 bits per heavy atom.